The van der Waals surface area contributed by atoms with Crippen LogP contribution in [0.5, 0.6) is 0 Å². The molecule has 0 aromatic heterocycles. The Morgan fingerprint density at radius 2 is 2.12 bits per heavy atom. The van der Waals surface area contributed by atoms with Crippen LogP contribution >= 0.6 is 34.2 Å². The Labute approximate surface area is 118 Å². The predicted molar refractivity (Wildman–Crippen MR) is 71.5 cm³/mol. The minimum absolute atomic E-state index is 0.317. The van der Waals surface area contributed by atoms with Gasteiger partial charge in [-0.25, -0.2) is 0 Å². The molecule has 0 heterocycles. The third-order valence-corrected chi connectivity index (χ3v) is 3.53. The first kappa shape index (κ1) is 15.1. The number of benzene rings is 1. The van der Waals surface area contributed by atoms with Gasteiger partial charge in [0.1, 0.15) is 0 Å². The SMILES string of the molecule is O=S(=O)(O)CCOC(O)c1ccc(I)cc1Cl. The van der Waals surface area contributed by atoms with Gasteiger partial charge in [0.05, 0.1) is 12.4 Å². The average Bonchev–Trinajstić information content (AvgIpc) is 2.15. The second kappa shape index (κ2) is 6.30. The summed E-state index contributed by atoms with van der Waals surface area (Å²) in [6, 6.07) is 4.96. The lowest BCUT2D eigenvalue weighted by molar-refractivity contribution is -0.0973. The van der Waals surface area contributed by atoms with Gasteiger partial charge in [-0.05, 0) is 34.7 Å². The first-order valence-electron chi connectivity index (χ1n) is 4.49. The van der Waals surface area contributed by atoms with Crippen LogP contribution in [0.15, 0.2) is 18.2 Å². The fourth-order valence-corrected chi connectivity index (χ4v) is 2.31. The Bertz CT molecular complexity index is 490. The van der Waals surface area contributed by atoms with Crippen LogP contribution in [0.2, 0.25) is 5.02 Å². The van der Waals surface area contributed by atoms with Gasteiger partial charge in [0, 0.05) is 14.2 Å². The lowest BCUT2D eigenvalue weighted by atomic mass is 10.2. The van der Waals surface area contributed by atoms with Crippen molar-refractivity contribution in [2.75, 3.05) is 12.4 Å². The molecule has 2 N–H and O–H groups in total. The molecule has 0 saturated heterocycles. The Morgan fingerprint density at radius 1 is 1.47 bits per heavy atom. The number of ether oxygens (including phenoxy) is 1. The van der Waals surface area contributed by atoms with E-state index in [2.05, 4.69) is 22.6 Å². The molecule has 96 valence electrons. The number of halogens is 2. The van der Waals surface area contributed by atoms with Crippen molar-refractivity contribution in [1.29, 1.82) is 0 Å². The van der Waals surface area contributed by atoms with E-state index in [-0.39, 0.29) is 6.61 Å². The molecule has 0 spiro atoms. The standard InChI is InChI=1S/C9H10ClIO5S/c10-8-5-6(11)1-2-7(8)9(12)16-3-4-17(13,14)15/h1-2,5,9,12H,3-4H2,(H,13,14,15). The Morgan fingerprint density at radius 3 is 2.65 bits per heavy atom. The highest BCUT2D eigenvalue weighted by atomic mass is 127. The van der Waals surface area contributed by atoms with Gasteiger partial charge in [-0.1, -0.05) is 17.7 Å². The molecule has 0 aliphatic heterocycles. The van der Waals surface area contributed by atoms with Crippen molar-refractivity contribution >= 4 is 44.3 Å². The van der Waals surface area contributed by atoms with Gasteiger partial charge in [-0.3, -0.25) is 4.55 Å². The first-order valence-corrected chi connectivity index (χ1v) is 7.56. The van der Waals surface area contributed by atoms with Crippen LogP contribution in [0.3, 0.4) is 0 Å². The van der Waals surface area contributed by atoms with E-state index in [4.69, 9.17) is 20.9 Å². The van der Waals surface area contributed by atoms with Crippen LogP contribution in [0, 0.1) is 3.57 Å². The summed E-state index contributed by atoms with van der Waals surface area (Å²) >= 11 is 7.95. The molecule has 1 aromatic rings. The maximum atomic E-state index is 10.4. The van der Waals surface area contributed by atoms with Gasteiger partial charge < -0.3 is 9.84 Å². The van der Waals surface area contributed by atoms with E-state index in [0.29, 0.717) is 10.6 Å². The van der Waals surface area contributed by atoms with Crippen molar-refractivity contribution in [2.24, 2.45) is 0 Å². The maximum absolute atomic E-state index is 10.4. The molecule has 0 fully saturated rings. The van der Waals surface area contributed by atoms with Crippen LogP contribution in [0.25, 0.3) is 0 Å². The number of rotatable bonds is 5. The van der Waals surface area contributed by atoms with Crippen molar-refractivity contribution in [2.45, 2.75) is 6.29 Å². The fourth-order valence-electron chi connectivity index (χ4n) is 1.06. The Hall–Kier alpha value is 0.0700. The van der Waals surface area contributed by atoms with Gasteiger partial charge in [0.25, 0.3) is 10.1 Å². The molecule has 0 saturated carbocycles. The summed E-state index contributed by atoms with van der Waals surface area (Å²) in [7, 11) is -4.09. The van der Waals surface area contributed by atoms with Crippen LogP contribution in [0.4, 0.5) is 0 Å². The van der Waals surface area contributed by atoms with Crippen molar-refractivity contribution in [3.05, 3.63) is 32.4 Å². The summed E-state index contributed by atoms with van der Waals surface area (Å²) in [5.74, 6) is -0.577. The topological polar surface area (TPSA) is 83.8 Å². The van der Waals surface area contributed by atoms with E-state index in [9.17, 15) is 13.5 Å². The van der Waals surface area contributed by atoms with E-state index in [1.807, 2.05) is 0 Å². The van der Waals surface area contributed by atoms with Gasteiger partial charge in [-0.2, -0.15) is 8.42 Å². The second-order valence-corrected chi connectivity index (χ2v) is 6.40. The monoisotopic (exact) mass is 392 g/mol. The molecule has 17 heavy (non-hydrogen) atoms. The van der Waals surface area contributed by atoms with E-state index in [1.165, 1.54) is 0 Å². The van der Waals surface area contributed by atoms with Gasteiger partial charge >= 0.3 is 0 Å². The minimum Gasteiger partial charge on any atom is -0.364 e. The second-order valence-electron chi connectivity index (χ2n) is 3.18. The molecule has 1 aromatic carbocycles. The van der Waals surface area contributed by atoms with Crippen molar-refractivity contribution < 1.29 is 22.8 Å². The zero-order valence-electron chi connectivity index (χ0n) is 8.51. The van der Waals surface area contributed by atoms with Gasteiger partial charge in [0.15, 0.2) is 6.29 Å². The molecule has 1 unspecified atom stereocenters. The smallest absolute Gasteiger partial charge is 0.267 e. The summed E-state index contributed by atoms with van der Waals surface area (Å²) in [4.78, 5) is 0. The molecule has 1 rings (SSSR count). The zero-order valence-corrected chi connectivity index (χ0v) is 12.2. The van der Waals surface area contributed by atoms with Crippen LogP contribution in [-0.2, 0) is 14.9 Å². The van der Waals surface area contributed by atoms with Crippen molar-refractivity contribution in [3.8, 4) is 0 Å². The average molecular weight is 393 g/mol. The largest absolute Gasteiger partial charge is 0.364 e. The number of aliphatic hydroxyl groups is 1. The van der Waals surface area contributed by atoms with E-state index >= 15 is 0 Å². The highest BCUT2D eigenvalue weighted by Gasteiger charge is 2.13. The minimum atomic E-state index is -4.09. The Balaban J connectivity index is 2.61. The normalized spacial score (nSPS) is 13.6. The molecule has 0 radical (unpaired) electrons. The molecule has 0 aliphatic rings. The van der Waals surface area contributed by atoms with E-state index in [1.54, 1.807) is 18.2 Å². The molecule has 5 nitrogen and oxygen atoms in total. The van der Waals surface area contributed by atoms with Gasteiger partial charge in [0.2, 0.25) is 0 Å². The first-order chi connectivity index (χ1) is 7.79. The maximum Gasteiger partial charge on any atom is 0.267 e. The van der Waals surface area contributed by atoms with Crippen LogP contribution < -0.4 is 0 Å². The fraction of sp³-hybridized carbons (Fsp3) is 0.333. The van der Waals surface area contributed by atoms with Gasteiger partial charge in [-0.15, -0.1) is 0 Å². The van der Waals surface area contributed by atoms with Crippen molar-refractivity contribution in [3.63, 3.8) is 0 Å². The number of hydrogen-bond acceptors (Lipinski definition) is 4. The molecule has 1 atom stereocenters. The van der Waals surface area contributed by atoms with Crippen molar-refractivity contribution in [1.82, 2.24) is 0 Å². The third-order valence-electron chi connectivity index (χ3n) is 1.85. The number of hydrogen-bond donors (Lipinski definition) is 2. The summed E-state index contributed by atoms with van der Waals surface area (Å²) in [6.07, 6.45) is -1.32. The van der Waals surface area contributed by atoms with E-state index < -0.39 is 22.2 Å². The Kier molecular flexibility index (Phi) is 5.61. The quantitative estimate of drug-likeness (QED) is 0.454. The number of aliphatic hydroxyl groups excluding tert-OH is 1. The molecular formula is C9H10ClIO5S. The van der Waals surface area contributed by atoms with E-state index in [0.717, 1.165) is 3.57 Å². The molecule has 0 aliphatic carbocycles. The highest BCUT2D eigenvalue weighted by Crippen LogP contribution is 2.25. The zero-order chi connectivity index (χ0) is 13.1. The lowest BCUT2D eigenvalue weighted by Gasteiger charge is -2.13. The lowest BCUT2D eigenvalue weighted by Crippen LogP contribution is -2.13. The van der Waals surface area contributed by atoms with Crippen LogP contribution in [0.1, 0.15) is 11.9 Å². The van der Waals surface area contributed by atoms with Crippen LogP contribution in [-0.4, -0.2) is 30.4 Å². The summed E-state index contributed by atoms with van der Waals surface area (Å²) < 4.78 is 35.1. The predicted octanol–water partition coefficient (Wildman–Crippen LogP) is 1.84. The summed E-state index contributed by atoms with van der Waals surface area (Å²) in [5.41, 5.74) is 0.349. The molecular weight excluding hydrogens is 383 g/mol. The highest BCUT2D eigenvalue weighted by molar-refractivity contribution is 14.1. The molecule has 8 heteroatoms. The summed E-state index contributed by atoms with van der Waals surface area (Å²) in [5, 5.41) is 9.93. The molecule has 0 amide bonds. The third kappa shape index (κ3) is 5.49. The molecule has 0 bridgehead atoms. The summed E-state index contributed by atoms with van der Waals surface area (Å²) in [6.45, 7) is -0.317.